The molecule has 2 unspecified atom stereocenters. The number of carboxylic acids is 2. The lowest BCUT2D eigenvalue weighted by Crippen LogP contribution is -2.40. The molecule has 0 aliphatic carbocycles. The first-order chi connectivity index (χ1) is 17.7. The van der Waals surface area contributed by atoms with Crippen molar-refractivity contribution in [3.05, 3.63) is 88.4 Å². The van der Waals surface area contributed by atoms with Gasteiger partial charge in [-0.3, -0.25) is 14.5 Å². The quantitative estimate of drug-likeness (QED) is 0.448. The van der Waals surface area contributed by atoms with Crippen LogP contribution in [0.25, 0.3) is 0 Å². The molecule has 37 heavy (non-hydrogen) atoms. The van der Waals surface area contributed by atoms with Crippen molar-refractivity contribution in [2.75, 3.05) is 19.1 Å². The molecule has 4 N–H and O–H groups in total. The second-order valence-corrected chi connectivity index (χ2v) is 7.92. The maximum atomic E-state index is 13.1. The van der Waals surface area contributed by atoms with E-state index in [2.05, 4.69) is 0 Å². The first-order valence-electron chi connectivity index (χ1n) is 10.9. The van der Waals surface area contributed by atoms with Crippen molar-refractivity contribution in [1.82, 2.24) is 0 Å². The van der Waals surface area contributed by atoms with Crippen molar-refractivity contribution in [3.63, 3.8) is 0 Å². The lowest BCUT2D eigenvalue weighted by atomic mass is 9.81. The fourth-order valence-corrected chi connectivity index (χ4v) is 4.16. The van der Waals surface area contributed by atoms with Crippen molar-refractivity contribution in [2.45, 2.75) is 18.3 Å². The van der Waals surface area contributed by atoms with Crippen LogP contribution in [0, 0.1) is 11.3 Å². The Morgan fingerprint density at radius 2 is 1.59 bits per heavy atom. The highest BCUT2D eigenvalue weighted by atomic mass is 16.5. The van der Waals surface area contributed by atoms with Crippen LogP contribution in [0.4, 0.5) is 5.69 Å². The van der Waals surface area contributed by atoms with E-state index in [1.54, 1.807) is 30.3 Å². The monoisotopic (exact) mass is 505 g/mol. The Labute approximate surface area is 211 Å². The smallest absolute Gasteiger partial charge is 0.355 e. The van der Waals surface area contributed by atoms with Crippen molar-refractivity contribution < 1.29 is 38.9 Å². The molecule has 0 saturated carbocycles. The van der Waals surface area contributed by atoms with Crippen molar-refractivity contribution in [2.24, 2.45) is 5.73 Å². The number of hydrogen-bond acceptors (Lipinski definition) is 9. The summed E-state index contributed by atoms with van der Waals surface area (Å²) in [6.45, 7) is 0. The Balaban J connectivity index is 2.27. The summed E-state index contributed by atoms with van der Waals surface area (Å²) in [7, 11) is 2.25. The van der Waals surface area contributed by atoms with Crippen LogP contribution in [0.1, 0.15) is 29.4 Å². The molecule has 2 aromatic rings. The van der Waals surface area contributed by atoms with Crippen LogP contribution in [-0.2, 0) is 28.7 Å². The van der Waals surface area contributed by atoms with Gasteiger partial charge in [0, 0.05) is 5.69 Å². The van der Waals surface area contributed by atoms with E-state index in [-0.39, 0.29) is 33.9 Å². The number of rotatable bonds is 8. The van der Waals surface area contributed by atoms with Gasteiger partial charge < -0.3 is 25.4 Å². The molecule has 11 heteroatoms. The van der Waals surface area contributed by atoms with E-state index in [0.29, 0.717) is 5.56 Å². The number of nitriles is 1. The maximum absolute atomic E-state index is 13.1. The lowest BCUT2D eigenvalue weighted by Gasteiger charge is -2.36. The lowest BCUT2D eigenvalue weighted by molar-refractivity contribution is -0.145. The molecule has 0 bridgehead atoms. The number of carbonyl (C=O) groups is 4. The Kier molecular flexibility index (Phi) is 7.94. The van der Waals surface area contributed by atoms with Gasteiger partial charge >= 0.3 is 23.9 Å². The predicted molar refractivity (Wildman–Crippen MR) is 129 cm³/mol. The largest absolute Gasteiger partial charge is 0.481 e. The van der Waals surface area contributed by atoms with Gasteiger partial charge in [-0.1, -0.05) is 42.5 Å². The summed E-state index contributed by atoms with van der Waals surface area (Å²) in [6, 6.07) is 16.1. The molecule has 190 valence electrons. The van der Waals surface area contributed by atoms with Gasteiger partial charge in [0.05, 0.1) is 49.7 Å². The molecule has 1 aliphatic rings. The molecule has 1 aliphatic heterocycles. The summed E-state index contributed by atoms with van der Waals surface area (Å²) in [4.78, 5) is 50.0. The normalized spacial score (nSPS) is 16.0. The maximum Gasteiger partial charge on any atom is 0.355 e. The highest BCUT2D eigenvalue weighted by molar-refractivity contribution is 6.06. The van der Waals surface area contributed by atoms with Gasteiger partial charge in [-0.25, -0.2) is 9.59 Å². The molecule has 2 atom stereocenters. The molecular formula is C26H23N3O8. The number of allylic oxidation sites excluding steroid dienone is 1. The van der Waals surface area contributed by atoms with E-state index in [1.165, 1.54) is 24.3 Å². The highest BCUT2D eigenvalue weighted by Crippen LogP contribution is 2.43. The third-order valence-electron chi connectivity index (χ3n) is 5.84. The van der Waals surface area contributed by atoms with Crippen LogP contribution in [0.2, 0.25) is 0 Å². The second-order valence-electron chi connectivity index (χ2n) is 7.92. The molecule has 0 fully saturated rings. The topological polar surface area (TPSA) is 180 Å². The van der Waals surface area contributed by atoms with Gasteiger partial charge in [-0.05, 0) is 23.3 Å². The van der Waals surface area contributed by atoms with Crippen LogP contribution in [-0.4, -0.2) is 48.3 Å². The first-order valence-corrected chi connectivity index (χ1v) is 10.9. The van der Waals surface area contributed by atoms with Gasteiger partial charge in [-0.2, -0.15) is 5.26 Å². The minimum Gasteiger partial charge on any atom is -0.481 e. The first kappa shape index (κ1) is 26.5. The summed E-state index contributed by atoms with van der Waals surface area (Å²) in [5.41, 5.74) is 6.82. The van der Waals surface area contributed by atoms with Gasteiger partial charge in [0.1, 0.15) is 11.5 Å². The standard InChI is InChI=1S/C26H23N3O8/c1-36-25(34)21-20(15-6-4-3-5-7-15)18(13-27)23(28)29(22(21)26(35)37-2)16-10-8-14(9-11-16)17(24(32)33)12-19(30)31/h3-11,17,20H,12,28H2,1-2H3,(H,30,31)(H,32,33). The zero-order chi connectivity index (χ0) is 27.3. The molecule has 0 spiro atoms. The average molecular weight is 505 g/mol. The zero-order valence-electron chi connectivity index (χ0n) is 19.9. The van der Waals surface area contributed by atoms with Crippen LogP contribution >= 0.6 is 0 Å². The van der Waals surface area contributed by atoms with Crippen LogP contribution in [0.5, 0.6) is 0 Å². The number of anilines is 1. The van der Waals surface area contributed by atoms with Crippen molar-refractivity contribution in [3.8, 4) is 6.07 Å². The summed E-state index contributed by atoms with van der Waals surface area (Å²) in [5, 5.41) is 28.6. The van der Waals surface area contributed by atoms with E-state index in [1.807, 2.05) is 6.07 Å². The molecule has 0 saturated heterocycles. The fraction of sp³-hybridized carbons (Fsp3) is 0.192. The number of benzene rings is 2. The SMILES string of the molecule is COC(=O)C1=C(C(=O)OC)N(c2ccc(C(CC(=O)O)C(=O)O)cc2)C(N)=C(C#N)C1c1ccccc1. The number of methoxy groups -OCH3 is 2. The zero-order valence-corrected chi connectivity index (χ0v) is 19.9. The molecule has 0 radical (unpaired) electrons. The van der Waals surface area contributed by atoms with Crippen molar-refractivity contribution >= 4 is 29.6 Å². The Morgan fingerprint density at radius 1 is 1.00 bits per heavy atom. The van der Waals surface area contributed by atoms with E-state index < -0.39 is 42.1 Å². The van der Waals surface area contributed by atoms with Crippen LogP contribution < -0.4 is 10.6 Å². The van der Waals surface area contributed by atoms with E-state index in [4.69, 9.17) is 20.3 Å². The number of carbonyl (C=O) groups excluding carboxylic acids is 2. The van der Waals surface area contributed by atoms with Crippen LogP contribution in [0.3, 0.4) is 0 Å². The molecule has 0 aromatic heterocycles. The molecule has 0 amide bonds. The summed E-state index contributed by atoms with van der Waals surface area (Å²) < 4.78 is 9.92. The summed E-state index contributed by atoms with van der Waals surface area (Å²) >= 11 is 0. The number of carboxylic acid groups (broad SMARTS) is 2. The summed E-state index contributed by atoms with van der Waals surface area (Å²) in [5.74, 6) is -6.94. The molecule has 3 rings (SSSR count). The predicted octanol–water partition coefficient (Wildman–Crippen LogP) is 2.23. The number of ether oxygens (including phenoxy) is 2. The van der Waals surface area contributed by atoms with Gasteiger partial charge in [0.25, 0.3) is 0 Å². The third kappa shape index (κ3) is 5.13. The molecular weight excluding hydrogens is 482 g/mol. The number of esters is 2. The van der Waals surface area contributed by atoms with Crippen molar-refractivity contribution in [1.29, 1.82) is 5.26 Å². The fourth-order valence-electron chi connectivity index (χ4n) is 4.16. The molecule has 1 heterocycles. The minimum atomic E-state index is -1.33. The Morgan fingerprint density at radius 3 is 2.08 bits per heavy atom. The molecule has 11 nitrogen and oxygen atoms in total. The van der Waals surface area contributed by atoms with E-state index in [9.17, 15) is 29.5 Å². The molecule has 2 aromatic carbocycles. The number of nitrogens with two attached hydrogens (primary N) is 1. The Bertz CT molecular complexity index is 1340. The second kappa shape index (κ2) is 11.1. The number of nitrogens with zero attached hydrogens (tertiary/aromatic N) is 2. The Hall–Kier alpha value is -5.11. The number of aliphatic carboxylic acids is 2. The summed E-state index contributed by atoms with van der Waals surface area (Å²) in [6.07, 6.45) is -0.641. The van der Waals surface area contributed by atoms with Gasteiger partial charge in [0.15, 0.2) is 0 Å². The van der Waals surface area contributed by atoms with E-state index in [0.717, 1.165) is 19.1 Å². The van der Waals surface area contributed by atoms with Crippen LogP contribution in [0.15, 0.2) is 77.3 Å². The number of hydrogen-bond donors (Lipinski definition) is 3. The van der Waals surface area contributed by atoms with E-state index >= 15 is 0 Å². The van der Waals surface area contributed by atoms with Gasteiger partial charge in [-0.15, -0.1) is 0 Å². The minimum absolute atomic E-state index is 0.0300. The van der Waals surface area contributed by atoms with Gasteiger partial charge in [0.2, 0.25) is 0 Å². The highest BCUT2D eigenvalue weighted by Gasteiger charge is 2.43. The average Bonchev–Trinajstić information content (AvgIpc) is 2.90. The third-order valence-corrected chi connectivity index (χ3v) is 5.84.